The first kappa shape index (κ1) is 19.9. The second kappa shape index (κ2) is 9.34. The maximum Gasteiger partial charge on any atom is 0.267 e. The second-order valence-corrected chi connectivity index (χ2v) is 5.59. The first-order valence-corrected chi connectivity index (χ1v) is 7.92. The molecule has 0 radical (unpaired) electrons. The van der Waals surface area contributed by atoms with Gasteiger partial charge in [-0.15, -0.1) is 12.4 Å². The number of aromatic nitrogens is 2. The molecule has 0 fully saturated rings. The van der Waals surface area contributed by atoms with Crippen LogP contribution in [0.4, 0.5) is 5.82 Å². The normalized spacial score (nSPS) is 10.2. The summed E-state index contributed by atoms with van der Waals surface area (Å²) in [5.74, 6) is 0.573. The summed E-state index contributed by atoms with van der Waals surface area (Å²) in [6.45, 7) is 7.35. The molecule has 0 spiro atoms. The fourth-order valence-corrected chi connectivity index (χ4v) is 2.52. The Kier molecular flexibility index (Phi) is 6.89. The fourth-order valence-electron chi connectivity index (χ4n) is 2.52. The van der Waals surface area contributed by atoms with Crippen LogP contribution < -0.4 is 5.48 Å². The number of carbonyl (C=O) groups excluding carboxylic acids is 1. The summed E-state index contributed by atoms with van der Waals surface area (Å²) in [7, 11) is 0. The van der Waals surface area contributed by atoms with Crippen LogP contribution in [-0.2, 0) is 11.2 Å². The molecule has 0 saturated carbocycles. The number of nitrogens with zero attached hydrogens (tertiary/aromatic N) is 2. The number of hydrogen-bond donors (Lipinski definition) is 3. The van der Waals surface area contributed by atoms with Gasteiger partial charge >= 0.3 is 0 Å². The average molecular weight is 381 g/mol. The predicted molar refractivity (Wildman–Crippen MR) is 106 cm³/mol. The van der Waals surface area contributed by atoms with Gasteiger partial charge in [-0.1, -0.05) is 61.2 Å². The summed E-state index contributed by atoms with van der Waals surface area (Å²) in [4.78, 5) is 22.2. The van der Waals surface area contributed by atoms with Gasteiger partial charge in [0.05, 0.1) is 12.1 Å². The number of carbonyl (C=O) groups is 1. The Balaban J connectivity index is 0.00000261. The minimum atomic E-state index is -0.579. The van der Waals surface area contributed by atoms with Gasteiger partial charge in [0.2, 0.25) is 0 Å². The van der Waals surface area contributed by atoms with Gasteiger partial charge < -0.3 is 4.85 Å². The van der Waals surface area contributed by atoms with Crippen LogP contribution in [-0.4, -0.2) is 21.1 Å². The lowest BCUT2D eigenvalue weighted by Gasteiger charge is -1.99. The number of hydrogen-bond acceptors (Lipinski definition) is 3. The highest BCUT2D eigenvalue weighted by atomic mass is 35.5. The lowest BCUT2D eigenvalue weighted by molar-refractivity contribution is -0.124. The topological polar surface area (TPSA) is 82.4 Å². The van der Waals surface area contributed by atoms with E-state index in [1.54, 1.807) is 11.6 Å². The Hall–Kier alpha value is -3.40. The average Bonchev–Trinajstić information content (AvgIpc) is 3.10. The van der Waals surface area contributed by atoms with Crippen LogP contribution in [0.25, 0.3) is 22.2 Å². The van der Waals surface area contributed by atoms with E-state index in [0.717, 1.165) is 22.5 Å². The molecule has 1 heterocycles. The SMILES string of the molecule is Cl.[C-]#[N+]c1[nH]c(Cc2ccc(/C=C/C(=O)NO)cc2)nc1-c1ccccc1. The minimum absolute atomic E-state index is 0. The number of amides is 1. The summed E-state index contributed by atoms with van der Waals surface area (Å²) in [5.41, 5.74) is 4.97. The molecule has 3 N–H and O–H groups in total. The van der Waals surface area contributed by atoms with Crippen LogP contribution in [0.3, 0.4) is 0 Å². The molecule has 7 heteroatoms. The van der Waals surface area contributed by atoms with Gasteiger partial charge in [-0.3, -0.25) is 15.0 Å². The Morgan fingerprint density at radius 3 is 2.52 bits per heavy atom. The minimum Gasteiger partial charge on any atom is -0.362 e. The zero-order valence-corrected chi connectivity index (χ0v) is 15.0. The van der Waals surface area contributed by atoms with Crippen molar-refractivity contribution in [2.75, 3.05) is 0 Å². The Labute approximate surface area is 162 Å². The lowest BCUT2D eigenvalue weighted by atomic mass is 10.1. The number of nitrogens with one attached hydrogen (secondary N) is 2. The number of hydroxylamine groups is 1. The van der Waals surface area contributed by atoms with E-state index in [2.05, 4.69) is 14.8 Å². The van der Waals surface area contributed by atoms with Crippen LogP contribution in [0.5, 0.6) is 0 Å². The molecule has 0 aliphatic heterocycles. The zero-order valence-electron chi connectivity index (χ0n) is 14.2. The van der Waals surface area contributed by atoms with Crippen LogP contribution in [0.1, 0.15) is 17.0 Å². The third-order valence-electron chi connectivity index (χ3n) is 3.78. The predicted octanol–water partition coefficient (Wildman–Crippen LogP) is 4.16. The highest BCUT2D eigenvalue weighted by Gasteiger charge is 2.13. The van der Waals surface area contributed by atoms with Crippen LogP contribution in [0, 0.1) is 6.57 Å². The summed E-state index contributed by atoms with van der Waals surface area (Å²) in [5, 5.41) is 8.47. The maximum atomic E-state index is 11.0. The summed E-state index contributed by atoms with van der Waals surface area (Å²) in [6, 6.07) is 17.2. The molecule has 1 amide bonds. The van der Waals surface area contributed by atoms with Gasteiger partial charge in [0.25, 0.3) is 11.7 Å². The summed E-state index contributed by atoms with van der Waals surface area (Å²) >= 11 is 0. The molecule has 1 aromatic heterocycles. The zero-order chi connectivity index (χ0) is 18.4. The molecule has 3 aromatic rings. The van der Waals surface area contributed by atoms with E-state index in [1.165, 1.54) is 6.08 Å². The van der Waals surface area contributed by atoms with Crippen LogP contribution in [0.15, 0.2) is 60.7 Å². The third kappa shape index (κ3) is 5.05. The monoisotopic (exact) mass is 380 g/mol. The molecule has 0 aliphatic carbocycles. The van der Waals surface area contributed by atoms with E-state index in [-0.39, 0.29) is 12.4 Å². The number of aromatic amines is 1. The van der Waals surface area contributed by atoms with Crippen molar-refractivity contribution >= 4 is 30.2 Å². The smallest absolute Gasteiger partial charge is 0.267 e. The van der Waals surface area contributed by atoms with Crippen molar-refractivity contribution in [3.8, 4) is 11.3 Å². The van der Waals surface area contributed by atoms with E-state index in [0.29, 0.717) is 17.9 Å². The van der Waals surface area contributed by atoms with Crippen LogP contribution in [0.2, 0.25) is 0 Å². The Morgan fingerprint density at radius 1 is 1.19 bits per heavy atom. The van der Waals surface area contributed by atoms with Crippen molar-refractivity contribution in [1.29, 1.82) is 0 Å². The number of benzene rings is 2. The van der Waals surface area contributed by atoms with E-state index in [1.807, 2.05) is 54.6 Å². The lowest BCUT2D eigenvalue weighted by Crippen LogP contribution is -2.14. The molecule has 0 bridgehead atoms. The Bertz CT molecular complexity index is 973. The molecule has 6 nitrogen and oxygen atoms in total. The van der Waals surface area contributed by atoms with E-state index >= 15 is 0 Å². The maximum absolute atomic E-state index is 11.0. The van der Waals surface area contributed by atoms with Gasteiger partial charge in [0, 0.05) is 6.08 Å². The standard InChI is InChI=1S/C20H16N4O2.ClH/c1-21-20-19(16-5-3-2-4-6-16)22-17(23-20)13-15-9-7-14(8-10-15)11-12-18(25)24-26;/h2-12,26H,13H2,(H,22,23)(H,24,25);1H/b12-11+;. The third-order valence-corrected chi connectivity index (χ3v) is 3.78. The van der Waals surface area contributed by atoms with Crippen molar-refractivity contribution in [3.63, 3.8) is 0 Å². The van der Waals surface area contributed by atoms with Gasteiger partial charge in [-0.25, -0.2) is 10.5 Å². The summed E-state index contributed by atoms with van der Waals surface area (Å²) in [6.07, 6.45) is 3.42. The molecular weight excluding hydrogens is 364 g/mol. The molecular formula is C20H17ClN4O2. The summed E-state index contributed by atoms with van der Waals surface area (Å²) < 4.78 is 0. The van der Waals surface area contributed by atoms with Gasteiger partial charge in [0.1, 0.15) is 0 Å². The van der Waals surface area contributed by atoms with E-state index in [4.69, 9.17) is 11.8 Å². The molecule has 0 unspecified atom stereocenters. The van der Waals surface area contributed by atoms with Gasteiger partial charge in [0.15, 0.2) is 5.82 Å². The Morgan fingerprint density at radius 2 is 1.89 bits per heavy atom. The fraction of sp³-hybridized carbons (Fsp3) is 0.0500. The number of imidazole rings is 1. The first-order valence-electron chi connectivity index (χ1n) is 7.92. The molecule has 0 aliphatic rings. The quantitative estimate of drug-likeness (QED) is 0.269. The van der Waals surface area contributed by atoms with Crippen LogP contribution >= 0.6 is 12.4 Å². The largest absolute Gasteiger partial charge is 0.362 e. The molecule has 0 atom stereocenters. The van der Waals surface area contributed by atoms with Crippen molar-refractivity contribution < 1.29 is 10.0 Å². The number of H-pyrrole nitrogens is 1. The van der Waals surface area contributed by atoms with Crippen molar-refractivity contribution in [3.05, 3.63) is 89.0 Å². The van der Waals surface area contributed by atoms with Crippen molar-refractivity contribution in [2.24, 2.45) is 0 Å². The van der Waals surface area contributed by atoms with E-state index in [9.17, 15) is 4.79 Å². The number of rotatable bonds is 5. The van der Waals surface area contributed by atoms with Gasteiger partial charge in [-0.2, -0.15) is 0 Å². The molecule has 2 aromatic carbocycles. The molecule has 3 rings (SSSR count). The second-order valence-electron chi connectivity index (χ2n) is 5.59. The van der Waals surface area contributed by atoms with Gasteiger partial charge in [-0.05, 0) is 22.8 Å². The van der Waals surface area contributed by atoms with Crippen molar-refractivity contribution in [1.82, 2.24) is 15.4 Å². The van der Waals surface area contributed by atoms with Crippen molar-refractivity contribution in [2.45, 2.75) is 6.42 Å². The number of halogens is 1. The van der Waals surface area contributed by atoms with E-state index < -0.39 is 5.91 Å². The highest BCUT2D eigenvalue weighted by molar-refractivity contribution is 5.90. The molecule has 0 saturated heterocycles. The molecule has 27 heavy (non-hydrogen) atoms. The first-order chi connectivity index (χ1) is 12.7. The highest BCUT2D eigenvalue weighted by Crippen LogP contribution is 2.28. The molecule has 136 valence electrons.